The molecular weight excluding hydrogens is 332 g/mol. The van der Waals surface area contributed by atoms with Crippen LogP contribution in [0.3, 0.4) is 0 Å². The molecule has 1 aliphatic heterocycles. The van der Waals surface area contributed by atoms with Crippen LogP contribution < -0.4 is 15.4 Å². The summed E-state index contributed by atoms with van der Waals surface area (Å²) in [6, 6.07) is 6.54. The highest BCUT2D eigenvalue weighted by Crippen LogP contribution is 2.31. The molecule has 2 rings (SSSR count). The molecule has 6 nitrogen and oxygen atoms in total. The minimum Gasteiger partial charge on any atom is -0.494 e. The van der Waals surface area contributed by atoms with Gasteiger partial charge < -0.3 is 20.1 Å². The lowest BCUT2D eigenvalue weighted by Crippen LogP contribution is -2.46. The number of hydrogen-bond donors (Lipinski definition) is 2. The molecule has 1 aromatic carbocycles. The number of rotatable bonds is 8. The Morgan fingerprint density at radius 2 is 2.04 bits per heavy atom. The SMILES string of the molecule is CCCCC1=C(C(=O)OC(C)C)C(c2cccc(OCC)c2)NC(=O)N1. The molecule has 0 radical (unpaired) electrons. The molecule has 0 aromatic heterocycles. The van der Waals surface area contributed by atoms with Crippen molar-refractivity contribution in [3.05, 3.63) is 41.1 Å². The summed E-state index contributed by atoms with van der Waals surface area (Å²) in [6.07, 6.45) is 2.22. The van der Waals surface area contributed by atoms with Gasteiger partial charge in [-0.25, -0.2) is 9.59 Å². The highest BCUT2D eigenvalue weighted by molar-refractivity contribution is 5.95. The first kappa shape index (κ1) is 19.8. The first-order valence-electron chi connectivity index (χ1n) is 9.20. The molecule has 0 fully saturated rings. The first-order valence-corrected chi connectivity index (χ1v) is 9.20. The number of unbranched alkanes of at least 4 members (excludes halogenated alkanes) is 1. The van der Waals surface area contributed by atoms with Gasteiger partial charge in [-0.15, -0.1) is 0 Å². The van der Waals surface area contributed by atoms with Gasteiger partial charge in [0.15, 0.2) is 0 Å². The number of benzene rings is 1. The summed E-state index contributed by atoms with van der Waals surface area (Å²) in [5.74, 6) is 0.287. The molecule has 1 aromatic rings. The van der Waals surface area contributed by atoms with Crippen LogP contribution in [0.15, 0.2) is 35.5 Å². The number of urea groups is 1. The standard InChI is InChI=1S/C20H28N2O4/c1-5-7-11-16-17(19(23)26-13(3)4)18(22-20(24)21-16)14-9-8-10-15(12-14)25-6-2/h8-10,12-13,18H,5-7,11H2,1-4H3,(H2,21,22,24). The van der Waals surface area contributed by atoms with Crippen LogP contribution in [-0.4, -0.2) is 24.7 Å². The Morgan fingerprint density at radius 3 is 2.69 bits per heavy atom. The fourth-order valence-electron chi connectivity index (χ4n) is 2.89. The van der Waals surface area contributed by atoms with Crippen LogP contribution in [0.2, 0.25) is 0 Å². The Hall–Kier alpha value is -2.50. The van der Waals surface area contributed by atoms with Crippen LogP contribution in [0, 0.1) is 0 Å². The number of esters is 1. The third-order valence-corrected chi connectivity index (χ3v) is 4.00. The lowest BCUT2D eigenvalue weighted by Gasteiger charge is -2.30. The van der Waals surface area contributed by atoms with Crippen LogP contribution in [0.5, 0.6) is 5.75 Å². The van der Waals surface area contributed by atoms with Crippen molar-refractivity contribution >= 4 is 12.0 Å². The Bertz CT molecular complexity index is 682. The molecule has 1 unspecified atom stereocenters. The van der Waals surface area contributed by atoms with Crippen molar-refractivity contribution in [3.63, 3.8) is 0 Å². The summed E-state index contributed by atoms with van der Waals surface area (Å²) in [5, 5.41) is 5.64. The van der Waals surface area contributed by atoms with E-state index in [2.05, 4.69) is 17.6 Å². The maximum absolute atomic E-state index is 12.8. The molecule has 6 heteroatoms. The predicted molar refractivity (Wildman–Crippen MR) is 99.8 cm³/mol. The Morgan fingerprint density at radius 1 is 1.27 bits per heavy atom. The molecule has 142 valence electrons. The third kappa shape index (κ3) is 5.00. The van der Waals surface area contributed by atoms with Crippen molar-refractivity contribution in [2.45, 2.75) is 59.1 Å². The number of amides is 2. The molecule has 0 spiro atoms. The van der Waals surface area contributed by atoms with Crippen molar-refractivity contribution < 1.29 is 19.1 Å². The van der Waals surface area contributed by atoms with Gasteiger partial charge in [0.05, 0.1) is 24.3 Å². The molecule has 0 saturated heterocycles. The lowest BCUT2D eigenvalue weighted by molar-refractivity contribution is -0.143. The number of allylic oxidation sites excluding steroid dienone is 1. The predicted octanol–water partition coefficient (Wildman–Crippen LogP) is 3.84. The van der Waals surface area contributed by atoms with Gasteiger partial charge >= 0.3 is 12.0 Å². The molecule has 1 atom stereocenters. The van der Waals surface area contributed by atoms with E-state index in [1.807, 2.05) is 45.0 Å². The molecule has 0 bridgehead atoms. The average molecular weight is 360 g/mol. The fourth-order valence-corrected chi connectivity index (χ4v) is 2.89. The molecule has 1 heterocycles. The fraction of sp³-hybridized carbons (Fsp3) is 0.500. The highest BCUT2D eigenvalue weighted by atomic mass is 16.5. The maximum atomic E-state index is 12.8. The van der Waals surface area contributed by atoms with E-state index in [9.17, 15) is 9.59 Å². The van der Waals surface area contributed by atoms with Crippen molar-refractivity contribution in [2.75, 3.05) is 6.61 Å². The zero-order chi connectivity index (χ0) is 19.1. The molecule has 26 heavy (non-hydrogen) atoms. The number of hydrogen-bond acceptors (Lipinski definition) is 4. The smallest absolute Gasteiger partial charge is 0.338 e. The van der Waals surface area contributed by atoms with E-state index >= 15 is 0 Å². The largest absolute Gasteiger partial charge is 0.494 e. The topological polar surface area (TPSA) is 76.7 Å². The maximum Gasteiger partial charge on any atom is 0.338 e. The van der Waals surface area contributed by atoms with E-state index in [0.29, 0.717) is 30.0 Å². The molecule has 2 amide bonds. The molecule has 2 N–H and O–H groups in total. The quantitative estimate of drug-likeness (QED) is 0.691. The summed E-state index contributed by atoms with van der Waals surface area (Å²) in [4.78, 5) is 25.0. The monoisotopic (exact) mass is 360 g/mol. The summed E-state index contributed by atoms with van der Waals surface area (Å²) >= 11 is 0. The van der Waals surface area contributed by atoms with Gasteiger partial charge in [0.2, 0.25) is 0 Å². The third-order valence-electron chi connectivity index (χ3n) is 4.00. The van der Waals surface area contributed by atoms with Gasteiger partial charge in [-0.2, -0.15) is 0 Å². The lowest BCUT2D eigenvalue weighted by atomic mass is 9.93. The minimum absolute atomic E-state index is 0.240. The zero-order valence-electron chi connectivity index (χ0n) is 15.9. The molecular formula is C20H28N2O4. The normalized spacial score (nSPS) is 17.0. The second-order valence-corrected chi connectivity index (χ2v) is 6.49. The average Bonchev–Trinajstić information content (AvgIpc) is 2.59. The van der Waals surface area contributed by atoms with E-state index < -0.39 is 12.0 Å². The number of nitrogens with one attached hydrogen (secondary N) is 2. The second-order valence-electron chi connectivity index (χ2n) is 6.49. The second kappa shape index (κ2) is 9.27. The van der Waals surface area contributed by atoms with E-state index in [-0.39, 0.29) is 12.1 Å². The molecule has 0 aliphatic carbocycles. The summed E-state index contributed by atoms with van der Waals surface area (Å²) < 4.78 is 11.0. The van der Waals surface area contributed by atoms with Gasteiger partial charge in [0.1, 0.15) is 5.75 Å². The van der Waals surface area contributed by atoms with Crippen LogP contribution in [-0.2, 0) is 9.53 Å². The van der Waals surface area contributed by atoms with Crippen molar-refractivity contribution in [2.24, 2.45) is 0 Å². The molecule has 0 saturated carbocycles. The highest BCUT2D eigenvalue weighted by Gasteiger charge is 2.34. The van der Waals surface area contributed by atoms with Gasteiger partial charge in [-0.05, 0) is 51.3 Å². The van der Waals surface area contributed by atoms with Crippen molar-refractivity contribution in [1.82, 2.24) is 10.6 Å². The molecule has 1 aliphatic rings. The van der Waals surface area contributed by atoms with Gasteiger partial charge in [-0.1, -0.05) is 25.5 Å². The van der Waals surface area contributed by atoms with Gasteiger partial charge in [0, 0.05) is 5.70 Å². The Kier molecular flexibility index (Phi) is 7.06. The van der Waals surface area contributed by atoms with E-state index in [1.165, 1.54) is 0 Å². The zero-order valence-corrected chi connectivity index (χ0v) is 15.9. The van der Waals surface area contributed by atoms with E-state index in [1.54, 1.807) is 0 Å². The Balaban J connectivity index is 2.46. The van der Waals surface area contributed by atoms with E-state index in [4.69, 9.17) is 9.47 Å². The number of carbonyl (C=O) groups is 2. The van der Waals surface area contributed by atoms with Crippen LogP contribution in [0.4, 0.5) is 4.79 Å². The van der Waals surface area contributed by atoms with Crippen molar-refractivity contribution in [3.8, 4) is 5.75 Å². The number of carbonyl (C=O) groups excluding carboxylic acids is 2. The summed E-state index contributed by atoms with van der Waals surface area (Å²) in [7, 11) is 0. The van der Waals surface area contributed by atoms with E-state index in [0.717, 1.165) is 18.4 Å². The van der Waals surface area contributed by atoms with Gasteiger partial charge in [0.25, 0.3) is 0 Å². The number of ether oxygens (including phenoxy) is 2. The summed E-state index contributed by atoms with van der Waals surface area (Å²) in [6.45, 7) is 8.14. The minimum atomic E-state index is -0.567. The first-order chi connectivity index (χ1) is 12.5. The van der Waals surface area contributed by atoms with Gasteiger partial charge in [-0.3, -0.25) is 0 Å². The van der Waals surface area contributed by atoms with Crippen LogP contribution >= 0.6 is 0 Å². The Labute approximate surface area is 154 Å². The summed E-state index contributed by atoms with van der Waals surface area (Å²) in [5.41, 5.74) is 1.88. The van der Waals surface area contributed by atoms with Crippen LogP contribution in [0.1, 0.15) is 58.6 Å². The van der Waals surface area contributed by atoms with Crippen molar-refractivity contribution in [1.29, 1.82) is 0 Å². The van der Waals surface area contributed by atoms with Crippen LogP contribution in [0.25, 0.3) is 0 Å².